The lowest BCUT2D eigenvalue weighted by atomic mass is 10.1. The van der Waals surface area contributed by atoms with E-state index in [4.69, 9.17) is 10.00 Å². The molecule has 1 heterocycles. The summed E-state index contributed by atoms with van der Waals surface area (Å²) in [6, 6.07) is 13.5. The highest BCUT2D eigenvalue weighted by Crippen LogP contribution is 2.27. The summed E-state index contributed by atoms with van der Waals surface area (Å²) in [6.07, 6.45) is 0.174. The van der Waals surface area contributed by atoms with Crippen LogP contribution >= 0.6 is 15.9 Å². The zero-order valence-electron chi connectivity index (χ0n) is 15.3. The van der Waals surface area contributed by atoms with Crippen LogP contribution in [-0.2, 0) is 9.84 Å². The molecule has 1 fully saturated rings. The van der Waals surface area contributed by atoms with Crippen molar-refractivity contribution in [2.75, 3.05) is 13.1 Å². The standard InChI is InChI=1S/C20H19BrN2O4S/c1-14-2-3-15(13-22)12-19(14)27-20(24)23-10-8-18(9-11-23)28(25,26)17-6-4-16(21)5-7-17/h2-7,12,18H,8-11H2,1H3. The Bertz CT molecular complexity index is 1020. The number of nitrogens with zero attached hydrogens (tertiary/aromatic N) is 2. The Hall–Kier alpha value is -2.37. The van der Waals surface area contributed by atoms with Gasteiger partial charge in [0.15, 0.2) is 9.84 Å². The number of ether oxygens (including phenoxy) is 1. The number of benzene rings is 2. The molecule has 146 valence electrons. The molecule has 1 amide bonds. The van der Waals surface area contributed by atoms with Crippen molar-refractivity contribution in [2.24, 2.45) is 0 Å². The zero-order chi connectivity index (χ0) is 20.3. The summed E-state index contributed by atoms with van der Waals surface area (Å²) in [5, 5.41) is 8.46. The third kappa shape index (κ3) is 4.37. The van der Waals surface area contributed by atoms with Crippen molar-refractivity contribution in [2.45, 2.75) is 29.9 Å². The normalized spacial score (nSPS) is 15.1. The maximum atomic E-state index is 12.8. The Morgan fingerprint density at radius 3 is 2.43 bits per heavy atom. The van der Waals surface area contributed by atoms with Gasteiger partial charge in [0.25, 0.3) is 0 Å². The first-order valence-corrected chi connectivity index (χ1v) is 11.1. The first kappa shape index (κ1) is 20.4. The van der Waals surface area contributed by atoms with E-state index < -0.39 is 21.2 Å². The van der Waals surface area contributed by atoms with Gasteiger partial charge in [0, 0.05) is 17.6 Å². The number of carbonyl (C=O) groups excluding carboxylic acids is 1. The van der Waals surface area contributed by atoms with Crippen LogP contribution in [0.2, 0.25) is 0 Å². The van der Waals surface area contributed by atoms with E-state index in [1.54, 1.807) is 43.3 Å². The van der Waals surface area contributed by atoms with Crippen molar-refractivity contribution >= 4 is 31.9 Å². The van der Waals surface area contributed by atoms with Gasteiger partial charge in [0.1, 0.15) is 5.75 Å². The van der Waals surface area contributed by atoms with Gasteiger partial charge in [-0.1, -0.05) is 22.0 Å². The fourth-order valence-corrected chi connectivity index (χ4v) is 5.10. The van der Waals surface area contributed by atoms with Crippen LogP contribution < -0.4 is 4.74 Å². The summed E-state index contributed by atoms with van der Waals surface area (Å²) in [7, 11) is -3.44. The first-order valence-electron chi connectivity index (χ1n) is 8.78. The van der Waals surface area contributed by atoms with Crippen LogP contribution in [0.25, 0.3) is 0 Å². The van der Waals surface area contributed by atoms with Crippen LogP contribution in [0.4, 0.5) is 4.79 Å². The largest absolute Gasteiger partial charge is 0.415 e. The van der Waals surface area contributed by atoms with Crippen LogP contribution in [0.3, 0.4) is 0 Å². The number of halogens is 1. The van der Waals surface area contributed by atoms with Crippen LogP contribution in [0, 0.1) is 18.3 Å². The molecular formula is C20H19BrN2O4S. The number of likely N-dealkylation sites (tertiary alicyclic amines) is 1. The van der Waals surface area contributed by atoms with E-state index in [9.17, 15) is 13.2 Å². The molecule has 1 aliphatic rings. The van der Waals surface area contributed by atoms with E-state index in [0.717, 1.165) is 10.0 Å². The molecule has 0 atom stereocenters. The maximum Gasteiger partial charge on any atom is 0.415 e. The molecule has 0 spiro atoms. The van der Waals surface area contributed by atoms with Crippen molar-refractivity contribution in [3.8, 4) is 11.8 Å². The van der Waals surface area contributed by atoms with Gasteiger partial charge < -0.3 is 9.64 Å². The van der Waals surface area contributed by atoms with Gasteiger partial charge in [0.05, 0.1) is 21.8 Å². The Morgan fingerprint density at radius 1 is 1.18 bits per heavy atom. The van der Waals surface area contributed by atoms with Gasteiger partial charge in [0.2, 0.25) is 0 Å². The third-order valence-corrected chi connectivity index (χ3v) is 7.60. The molecule has 8 heteroatoms. The summed E-state index contributed by atoms with van der Waals surface area (Å²) in [6.45, 7) is 2.40. The van der Waals surface area contributed by atoms with Gasteiger partial charge in [-0.2, -0.15) is 5.26 Å². The van der Waals surface area contributed by atoms with E-state index in [1.165, 1.54) is 11.0 Å². The second kappa shape index (κ2) is 8.33. The summed E-state index contributed by atoms with van der Waals surface area (Å²) in [5.74, 6) is 0.341. The summed E-state index contributed by atoms with van der Waals surface area (Å²) in [5.41, 5.74) is 1.16. The average Bonchev–Trinajstić information content (AvgIpc) is 2.70. The lowest BCUT2D eigenvalue weighted by Crippen LogP contribution is -2.43. The first-order chi connectivity index (χ1) is 13.3. The van der Waals surface area contributed by atoms with Crippen LogP contribution in [0.5, 0.6) is 5.75 Å². The SMILES string of the molecule is Cc1ccc(C#N)cc1OC(=O)N1CCC(S(=O)(=O)c2ccc(Br)cc2)CC1. The van der Waals surface area contributed by atoms with Crippen LogP contribution in [-0.4, -0.2) is 37.8 Å². The van der Waals surface area contributed by atoms with Crippen molar-refractivity contribution in [3.63, 3.8) is 0 Å². The average molecular weight is 463 g/mol. The third-order valence-electron chi connectivity index (χ3n) is 4.80. The molecule has 28 heavy (non-hydrogen) atoms. The summed E-state index contributed by atoms with van der Waals surface area (Å²) in [4.78, 5) is 14.2. The number of sulfone groups is 1. The summed E-state index contributed by atoms with van der Waals surface area (Å²) < 4.78 is 31.8. The molecule has 0 aliphatic carbocycles. The molecule has 1 aliphatic heterocycles. The smallest absolute Gasteiger partial charge is 0.410 e. The highest BCUT2D eigenvalue weighted by Gasteiger charge is 2.33. The minimum absolute atomic E-state index is 0.292. The molecule has 0 bridgehead atoms. The van der Waals surface area contributed by atoms with Crippen LogP contribution in [0.15, 0.2) is 51.8 Å². The number of aryl methyl sites for hydroxylation is 1. The van der Waals surface area contributed by atoms with Gasteiger partial charge in [-0.3, -0.25) is 0 Å². The minimum atomic E-state index is -3.44. The molecule has 0 unspecified atom stereocenters. The topological polar surface area (TPSA) is 87.5 Å². The van der Waals surface area contributed by atoms with Crippen molar-refractivity contribution in [3.05, 3.63) is 58.1 Å². The number of hydrogen-bond donors (Lipinski definition) is 0. The molecule has 0 saturated carbocycles. The Balaban J connectivity index is 1.64. The predicted octanol–water partition coefficient (Wildman–Crippen LogP) is 4.07. The van der Waals surface area contributed by atoms with Gasteiger partial charge in [-0.05, 0) is 61.7 Å². The molecule has 2 aromatic rings. The molecule has 6 nitrogen and oxygen atoms in total. The monoisotopic (exact) mass is 462 g/mol. The molecular weight excluding hydrogens is 444 g/mol. The van der Waals surface area contributed by atoms with E-state index in [0.29, 0.717) is 42.1 Å². The Kier molecular flexibility index (Phi) is 6.06. The number of carbonyl (C=O) groups is 1. The van der Waals surface area contributed by atoms with Crippen LogP contribution in [0.1, 0.15) is 24.0 Å². The van der Waals surface area contributed by atoms with Gasteiger partial charge in [-0.15, -0.1) is 0 Å². The van der Waals surface area contributed by atoms with E-state index in [-0.39, 0.29) is 0 Å². The summed E-state index contributed by atoms with van der Waals surface area (Å²) >= 11 is 3.30. The minimum Gasteiger partial charge on any atom is -0.410 e. The number of nitriles is 1. The fraction of sp³-hybridized carbons (Fsp3) is 0.300. The lowest BCUT2D eigenvalue weighted by molar-refractivity contribution is 0.142. The fourth-order valence-electron chi connectivity index (χ4n) is 3.10. The van der Waals surface area contributed by atoms with E-state index >= 15 is 0 Å². The highest BCUT2D eigenvalue weighted by molar-refractivity contribution is 9.10. The molecule has 3 rings (SSSR count). The predicted molar refractivity (Wildman–Crippen MR) is 108 cm³/mol. The number of amides is 1. The highest BCUT2D eigenvalue weighted by atomic mass is 79.9. The second-order valence-electron chi connectivity index (χ2n) is 6.65. The zero-order valence-corrected chi connectivity index (χ0v) is 17.7. The maximum absolute atomic E-state index is 12.8. The van der Waals surface area contributed by atoms with Gasteiger partial charge >= 0.3 is 6.09 Å². The molecule has 0 N–H and O–H groups in total. The number of rotatable bonds is 3. The Labute approximate surface area is 172 Å². The van der Waals surface area contributed by atoms with Crippen molar-refractivity contribution in [1.29, 1.82) is 5.26 Å². The van der Waals surface area contributed by atoms with Crippen molar-refractivity contribution in [1.82, 2.24) is 4.90 Å². The lowest BCUT2D eigenvalue weighted by Gasteiger charge is -2.31. The number of hydrogen-bond acceptors (Lipinski definition) is 5. The number of piperidine rings is 1. The quantitative estimate of drug-likeness (QED) is 0.685. The molecule has 1 saturated heterocycles. The van der Waals surface area contributed by atoms with E-state index in [2.05, 4.69) is 15.9 Å². The molecule has 0 aromatic heterocycles. The Morgan fingerprint density at radius 2 is 1.82 bits per heavy atom. The molecule has 2 aromatic carbocycles. The molecule has 0 radical (unpaired) electrons. The van der Waals surface area contributed by atoms with Gasteiger partial charge in [-0.25, -0.2) is 13.2 Å². The second-order valence-corrected chi connectivity index (χ2v) is 9.79. The van der Waals surface area contributed by atoms with E-state index in [1.807, 2.05) is 6.07 Å². The van der Waals surface area contributed by atoms with Crippen molar-refractivity contribution < 1.29 is 17.9 Å².